The summed E-state index contributed by atoms with van der Waals surface area (Å²) in [7, 11) is -2.82. The largest absolute Gasteiger partial charge is 0.471 e. The van der Waals surface area contributed by atoms with Crippen molar-refractivity contribution < 1.29 is 18.3 Å². The maximum absolute atomic E-state index is 11.3. The predicted molar refractivity (Wildman–Crippen MR) is 78.9 cm³/mol. The molecule has 0 unspecified atom stereocenters. The molecule has 1 aliphatic rings. The molecular weight excluding hydrogens is 286 g/mol. The fourth-order valence-electron chi connectivity index (χ4n) is 2.04. The van der Waals surface area contributed by atoms with Crippen LogP contribution in [0.1, 0.15) is 32.1 Å². The number of hydrogen-bond donors (Lipinski definition) is 2. The lowest BCUT2D eigenvalue weighted by Gasteiger charge is -2.12. The molecule has 0 saturated carbocycles. The van der Waals surface area contributed by atoms with Crippen LogP contribution < -0.4 is 5.32 Å². The van der Waals surface area contributed by atoms with Gasteiger partial charge in [-0.25, -0.2) is 8.42 Å². The Morgan fingerprint density at radius 3 is 2.68 bits per heavy atom. The summed E-state index contributed by atoms with van der Waals surface area (Å²) in [5, 5.41) is 11.9. The zero-order valence-electron chi connectivity index (χ0n) is 11.1. The Hall–Kier alpha value is -0.400. The van der Waals surface area contributed by atoms with Gasteiger partial charge < -0.3 is 15.2 Å². The summed E-state index contributed by atoms with van der Waals surface area (Å²) in [6.07, 6.45) is 4.47. The smallest absolute Gasteiger partial charge is 0.256 e. The van der Waals surface area contributed by atoms with Gasteiger partial charge in [0.25, 0.3) is 5.17 Å². The van der Waals surface area contributed by atoms with E-state index in [0.29, 0.717) is 24.7 Å². The molecular formula is C12H23NO4S2. The first-order chi connectivity index (χ1) is 9.03. The standard InChI is InChI=1S/C12H23NO4S2/c14-6-3-1-2-4-7-17-12(18)13-9-11-5-8-19(15,16)10-11/h11,14H,1-10H2,(H,13,18)/t11-/m0/s1. The quantitative estimate of drug-likeness (QED) is 0.512. The number of sulfone groups is 1. The molecule has 5 nitrogen and oxygen atoms in total. The van der Waals surface area contributed by atoms with Crippen molar-refractivity contribution in [3.05, 3.63) is 0 Å². The van der Waals surface area contributed by atoms with Gasteiger partial charge in [-0.2, -0.15) is 0 Å². The van der Waals surface area contributed by atoms with Crippen molar-refractivity contribution in [2.45, 2.75) is 32.1 Å². The number of rotatable bonds is 8. The van der Waals surface area contributed by atoms with Gasteiger partial charge in [-0.1, -0.05) is 6.42 Å². The first-order valence-corrected chi connectivity index (χ1v) is 8.98. The van der Waals surface area contributed by atoms with E-state index in [-0.39, 0.29) is 24.0 Å². The van der Waals surface area contributed by atoms with E-state index in [1.807, 2.05) is 0 Å². The Kier molecular flexibility index (Phi) is 7.63. The summed E-state index contributed by atoms with van der Waals surface area (Å²) >= 11 is 5.02. The minimum Gasteiger partial charge on any atom is -0.471 e. The number of ether oxygens (including phenoxy) is 1. The van der Waals surface area contributed by atoms with Crippen LogP contribution in [0.15, 0.2) is 0 Å². The van der Waals surface area contributed by atoms with E-state index in [1.54, 1.807) is 0 Å². The molecule has 2 N–H and O–H groups in total. The van der Waals surface area contributed by atoms with Crippen molar-refractivity contribution in [3.8, 4) is 0 Å². The third kappa shape index (κ3) is 7.69. The molecule has 0 amide bonds. The molecule has 1 heterocycles. The predicted octanol–water partition coefficient (Wildman–Crippen LogP) is 0.865. The number of nitrogens with one attached hydrogen (secondary N) is 1. The molecule has 0 aromatic carbocycles. The number of aliphatic hydroxyl groups excluding tert-OH is 1. The van der Waals surface area contributed by atoms with Crippen LogP contribution in [0.5, 0.6) is 0 Å². The van der Waals surface area contributed by atoms with Crippen LogP contribution in [0.2, 0.25) is 0 Å². The van der Waals surface area contributed by atoms with Crippen LogP contribution in [-0.2, 0) is 14.6 Å². The molecule has 112 valence electrons. The summed E-state index contributed by atoms with van der Waals surface area (Å²) in [6.45, 7) is 1.38. The highest BCUT2D eigenvalue weighted by Crippen LogP contribution is 2.17. The Bertz CT molecular complexity index is 370. The van der Waals surface area contributed by atoms with E-state index in [4.69, 9.17) is 22.1 Å². The molecule has 0 spiro atoms. The molecule has 1 aliphatic heterocycles. The van der Waals surface area contributed by atoms with E-state index in [9.17, 15) is 8.42 Å². The summed E-state index contributed by atoms with van der Waals surface area (Å²) in [6, 6.07) is 0. The second-order valence-corrected chi connectivity index (χ2v) is 7.52. The number of unbranched alkanes of at least 4 members (excludes halogenated alkanes) is 3. The van der Waals surface area contributed by atoms with Crippen LogP contribution in [0.4, 0.5) is 0 Å². The van der Waals surface area contributed by atoms with Gasteiger partial charge in [-0.3, -0.25) is 0 Å². The fourth-order valence-corrected chi connectivity index (χ4v) is 4.07. The number of aliphatic hydroxyl groups is 1. The van der Waals surface area contributed by atoms with Gasteiger partial charge in [-0.15, -0.1) is 0 Å². The average Bonchev–Trinajstić information content (AvgIpc) is 2.71. The minimum atomic E-state index is -2.82. The maximum Gasteiger partial charge on any atom is 0.256 e. The first-order valence-electron chi connectivity index (χ1n) is 6.75. The Morgan fingerprint density at radius 2 is 2.05 bits per heavy atom. The van der Waals surface area contributed by atoms with Crippen LogP contribution in [0.3, 0.4) is 0 Å². The van der Waals surface area contributed by atoms with E-state index in [2.05, 4.69) is 5.32 Å². The Balaban J connectivity index is 1.99. The van der Waals surface area contributed by atoms with Gasteiger partial charge in [-0.05, 0) is 43.8 Å². The van der Waals surface area contributed by atoms with Crippen molar-refractivity contribution >= 4 is 27.2 Å². The highest BCUT2D eigenvalue weighted by Gasteiger charge is 2.27. The van der Waals surface area contributed by atoms with Crippen LogP contribution in [0, 0.1) is 5.92 Å². The second-order valence-electron chi connectivity index (χ2n) is 4.92. The minimum absolute atomic E-state index is 0.149. The van der Waals surface area contributed by atoms with Crippen molar-refractivity contribution in [1.29, 1.82) is 0 Å². The Morgan fingerprint density at radius 1 is 1.32 bits per heavy atom. The molecule has 1 fully saturated rings. The molecule has 0 bridgehead atoms. The van der Waals surface area contributed by atoms with Gasteiger partial charge in [0.2, 0.25) is 0 Å². The van der Waals surface area contributed by atoms with Crippen LogP contribution >= 0.6 is 12.2 Å². The fraction of sp³-hybridized carbons (Fsp3) is 0.917. The molecule has 1 atom stereocenters. The summed E-state index contributed by atoms with van der Waals surface area (Å²) < 4.78 is 27.9. The van der Waals surface area contributed by atoms with Crippen molar-refractivity contribution in [3.63, 3.8) is 0 Å². The lowest BCUT2D eigenvalue weighted by atomic mass is 10.1. The van der Waals surface area contributed by atoms with Crippen molar-refractivity contribution in [2.75, 3.05) is 31.3 Å². The highest BCUT2D eigenvalue weighted by atomic mass is 32.2. The normalized spacial score (nSPS) is 21.2. The van der Waals surface area contributed by atoms with E-state index < -0.39 is 9.84 Å². The number of hydrogen-bond acceptors (Lipinski definition) is 5. The topological polar surface area (TPSA) is 75.6 Å². The molecule has 0 aromatic heterocycles. The third-order valence-electron chi connectivity index (χ3n) is 3.15. The summed E-state index contributed by atoms with van der Waals surface area (Å²) in [5.74, 6) is 0.692. The summed E-state index contributed by atoms with van der Waals surface area (Å²) in [5.41, 5.74) is 0. The van der Waals surface area contributed by atoms with E-state index in [0.717, 1.165) is 25.7 Å². The highest BCUT2D eigenvalue weighted by molar-refractivity contribution is 7.91. The van der Waals surface area contributed by atoms with E-state index >= 15 is 0 Å². The Labute approximate surface area is 120 Å². The second kappa shape index (κ2) is 8.71. The SMILES string of the molecule is O=S1(=O)CC[C@@H](CNC(=S)OCCCCCCO)C1. The van der Waals surface area contributed by atoms with E-state index in [1.165, 1.54) is 0 Å². The monoisotopic (exact) mass is 309 g/mol. The molecule has 19 heavy (non-hydrogen) atoms. The average molecular weight is 309 g/mol. The van der Waals surface area contributed by atoms with Gasteiger partial charge in [0.1, 0.15) is 0 Å². The summed E-state index contributed by atoms with van der Waals surface area (Å²) in [4.78, 5) is 0. The molecule has 0 aliphatic carbocycles. The van der Waals surface area contributed by atoms with Crippen molar-refractivity contribution in [2.24, 2.45) is 5.92 Å². The molecule has 7 heteroatoms. The van der Waals surface area contributed by atoms with Gasteiger partial charge in [0.15, 0.2) is 9.84 Å². The molecule has 1 rings (SSSR count). The molecule has 1 saturated heterocycles. The number of thiocarbonyl (C=S) groups is 1. The lowest BCUT2D eigenvalue weighted by Crippen LogP contribution is -2.30. The van der Waals surface area contributed by atoms with Crippen molar-refractivity contribution in [1.82, 2.24) is 5.32 Å². The maximum atomic E-state index is 11.3. The lowest BCUT2D eigenvalue weighted by molar-refractivity contribution is 0.267. The first kappa shape index (κ1) is 16.7. The van der Waals surface area contributed by atoms with Gasteiger partial charge in [0, 0.05) is 13.2 Å². The zero-order valence-corrected chi connectivity index (χ0v) is 12.8. The van der Waals surface area contributed by atoms with Crippen LogP contribution in [-0.4, -0.2) is 50.0 Å². The van der Waals surface area contributed by atoms with Crippen LogP contribution in [0.25, 0.3) is 0 Å². The third-order valence-corrected chi connectivity index (χ3v) is 5.25. The molecule has 0 radical (unpaired) electrons. The molecule has 0 aromatic rings. The van der Waals surface area contributed by atoms with Gasteiger partial charge in [0.05, 0.1) is 18.1 Å². The van der Waals surface area contributed by atoms with Gasteiger partial charge >= 0.3 is 0 Å². The zero-order chi connectivity index (χ0) is 14.1.